The molecule has 1 aromatic rings. The molecule has 0 spiro atoms. The predicted octanol–water partition coefficient (Wildman–Crippen LogP) is 4.24. The number of piperidine rings is 1. The van der Waals surface area contributed by atoms with Gasteiger partial charge in [-0.05, 0) is 73.2 Å². The van der Waals surface area contributed by atoms with Gasteiger partial charge in [-0.2, -0.15) is 0 Å². The quantitative estimate of drug-likeness (QED) is 0.700. The highest BCUT2D eigenvalue weighted by Crippen LogP contribution is 2.21. The maximum Gasteiger partial charge on any atom is 0.410 e. The smallest absolute Gasteiger partial charge is 0.410 e. The molecule has 0 radical (unpaired) electrons. The van der Waals surface area contributed by atoms with E-state index < -0.39 is 5.60 Å². The van der Waals surface area contributed by atoms with Gasteiger partial charge in [0, 0.05) is 26.7 Å². The highest BCUT2D eigenvalue weighted by Gasteiger charge is 2.27. The van der Waals surface area contributed by atoms with Gasteiger partial charge in [-0.15, -0.1) is 0 Å². The molecule has 27 heavy (non-hydrogen) atoms. The van der Waals surface area contributed by atoms with E-state index in [1.807, 2.05) is 25.7 Å². The Bertz CT molecular complexity index is 690. The zero-order valence-electron chi connectivity index (χ0n) is 16.4. The standard InChI is InChI=1S/C20H28BrFN2O3/c1-20(2,3)27-19(26)23(4)12-15-6-5-9-24(13-15)18(25)11-14-7-8-17(22)16(21)10-14/h7-8,10,15H,5-6,9,11-13H2,1-4H3. The van der Waals surface area contributed by atoms with Crippen LogP contribution in [0.2, 0.25) is 0 Å². The van der Waals surface area contributed by atoms with Crippen molar-refractivity contribution in [3.05, 3.63) is 34.1 Å². The number of hydrogen-bond acceptors (Lipinski definition) is 3. The van der Waals surface area contributed by atoms with Crippen LogP contribution in [0, 0.1) is 11.7 Å². The third-order valence-electron chi connectivity index (χ3n) is 4.45. The lowest BCUT2D eigenvalue weighted by Crippen LogP contribution is -2.45. The van der Waals surface area contributed by atoms with Crippen LogP contribution in [0.4, 0.5) is 9.18 Å². The van der Waals surface area contributed by atoms with Crippen LogP contribution in [-0.4, -0.2) is 54.1 Å². The molecule has 2 rings (SSSR count). The molecular formula is C20H28BrFN2O3. The van der Waals surface area contributed by atoms with E-state index in [1.54, 1.807) is 24.1 Å². The summed E-state index contributed by atoms with van der Waals surface area (Å²) in [5, 5.41) is 0. The van der Waals surface area contributed by atoms with E-state index in [9.17, 15) is 14.0 Å². The van der Waals surface area contributed by atoms with Gasteiger partial charge in [0.25, 0.3) is 0 Å². The van der Waals surface area contributed by atoms with Crippen molar-refractivity contribution >= 4 is 27.9 Å². The largest absolute Gasteiger partial charge is 0.444 e. The molecule has 1 heterocycles. The fourth-order valence-corrected chi connectivity index (χ4v) is 3.60. The summed E-state index contributed by atoms with van der Waals surface area (Å²) in [5.41, 5.74) is 0.254. The van der Waals surface area contributed by atoms with Crippen LogP contribution in [0.25, 0.3) is 0 Å². The molecule has 1 unspecified atom stereocenters. The molecule has 1 aliphatic heterocycles. The van der Waals surface area contributed by atoms with Gasteiger partial charge < -0.3 is 14.5 Å². The predicted molar refractivity (Wildman–Crippen MR) is 106 cm³/mol. The Hall–Kier alpha value is -1.63. The molecular weight excluding hydrogens is 415 g/mol. The maximum atomic E-state index is 13.3. The van der Waals surface area contributed by atoms with Crippen molar-refractivity contribution in [3.8, 4) is 0 Å². The minimum Gasteiger partial charge on any atom is -0.444 e. The fraction of sp³-hybridized carbons (Fsp3) is 0.600. The topological polar surface area (TPSA) is 49.9 Å². The van der Waals surface area contributed by atoms with Crippen LogP contribution in [0.3, 0.4) is 0 Å². The third kappa shape index (κ3) is 6.79. The van der Waals surface area contributed by atoms with E-state index in [0.717, 1.165) is 18.4 Å². The maximum absolute atomic E-state index is 13.3. The van der Waals surface area contributed by atoms with Crippen LogP contribution in [0.5, 0.6) is 0 Å². The first kappa shape index (κ1) is 21.7. The van der Waals surface area contributed by atoms with Crippen molar-refractivity contribution in [2.45, 2.75) is 45.6 Å². The molecule has 2 amide bonds. The Morgan fingerprint density at radius 2 is 2.07 bits per heavy atom. The lowest BCUT2D eigenvalue weighted by molar-refractivity contribution is -0.132. The molecule has 0 bridgehead atoms. The van der Waals surface area contributed by atoms with Crippen LogP contribution in [-0.2, 0) is 16.0 Å². The first-order valence-corrected chi connectivity index (χ1v) is 10.0. The minimum atomic E-state index is -0.524. The summed E-state index contributed by atoms with van der Waals surface area (Å²) in [5.74, 6) is -0.0901. The van der Waals surface area contributed by atoms with Gasteiger partial charge in [0.15, 0.2) is 0 Å². The summed E-state index contributed by atoms with van der Waals surface area (Å²) in [4.78, 5) is 28.2. The second-order valence-corrected chi connectivity index (χ2v) is 8.99. The van der Waals surface area contributed by atoms with Gasteiger partial charge in [0.1, 0.15) is 11.4 Å². The highest BCUT2D eigenvalue weighted by molar-refractivity contribution is 9.10. The SMILES string of the molecule is CN(CC1CCCN(C(=O)Cc2ccc(F)c(Br)c2)C1)C(=O)OC(C)(C)C. The summed E-state index contributed by atoms with van der Waals surface area (Å²) in [6.07, 6.45) is 1.78. The van der Waals surface area contributed by atoms with Crippen molar-refractivity contribution in [2.75, 3.05) is 26.7 Å². The number of rotatable bonds is 4. The summed E-state index contributed by atoms with van der Waals surface area (Å²) < 4.78 is 19.1. The van der Waals surface area contributed by atoms with Crippen LogP contribution in [0.1, 0.15) is 39.2 Å². The number of ether oxygens (including phenoxy) is 1. The van der Waals surface area contributed by atoms with Crippen LogP contribution in [0.15, 0.2) is 22.7 Å². The van der Waals surface area contributed by atoms with Crippen LogP contribution >= 0.6 is 15.9 Å². The summed E-state index contributed by atoms with van der Waals surface area (Å²) in [6, 6.07) is 4.64. The van der Waals surface area contributed by atoms with Gasteiger partial charge in [-0.25, -0.2) is 9.18 Å². The molecule has 1 atom stereocenters. The lowest BCUT2D eigenvalue weighted by atomic mass is 9.97. The minimum absolute atomic E-state index is 0.0260. The Kier molecular flexibility index (Phi) is 7.25. The Labute approximate surface area is 169 Å². The normalized spacial score (nSPS) is 17.6. The highest BCUT2D eigenvalue weighted by atomic mass is 79.9. The van der Waals surface area contributed by atoms with Crippen molar-refractivity contribution in [2.24, 2.45) is 5.92 Å². The molecule has 1 fully saturated rings. The van der Waals surface area contributed by atoms with E-state index in [0.29, 0.717) is 24.1 Å². The molecule has 150 valence electrons. The monoisotopic (exact) mass is 442 g/mol. The first-order chi connectivity index (χ1) is 12.5. The molecule has 5 nitrogen and oxygen atoms in total. The molecule has 1 saturated heterocycles. The fourth-order valence-electron chi connectivity index (χ4n) is 3.18. The van der Waals surface area contributed by atoms with Gasteiger partial charge in [0.2, 0.25) is 5.91 Å². The molecule has 1 aliphatic rings. The Morgan fingerprint density at radius 1 is 1.37 bits per heavy atom. The number of benzene rings is 1. The summed E-state index contributed by atoms with van der Waals surface area (Å²) in [7, 11) is 1.73. The molecule has 0 aliphatic carbocycles. The van der Waals surface area contributed by atoms with Gasteiger partial charge in [-0.1, -0.05) is 6.07 Å². The number of amides is 2. The number of carbonyl (C=O) groups excluding carboxylic acids is 2. The van der Waals surface area contributed by atoms with Gasteiger partial charge >= 0.3 is 6.09 Å². The second-order valence-electron chi connectivity index (χ2n) is 8.13. The summed E-state index contributed by atoms with van der Waals surface area (Å²) in [6.45, 7) is 7.41. The van der Waals surface area contributed by atoms with Crippen molar-refractivity contribution in [3.63, 3.8) is 0 Å². The van der Waals surface area contributed by atoms with E-state index >= 15 is 0 Å². The number of carbonyl (C=O) groups is 2. The van der Waals surface area contributed by atoms with Gasteiger partial charge in [0.05, 0.1) is 10.9 Å². The molecule has 0 N–H and O–H groups in total. The molecule has 0 aromatic heterocycles. The van der Waals surface area contributed by atoms with Gasteiger partial charge in [-0.3, -0.25) is 4.79 Å². The average molecular weight is 443 g/mol. The third-order valence-corrected chi connectivity index (χ3v) is 5.06. The van der Waals surface area contributed by atoms with Crippen molar-refractivity contribution in [1.29, 1.82) is 0 Å². The summed E-state index contributed by atoms with van der Waals surface area (Å²) >= 11 is 3.15. The van der Waals surface area contributed by atoms with E-state index in [2.05, 4.69) is 15.9 Å². The number of hydrogen-bond donors (Lipinski definition) is 0. The van der Waals surface area contributed by atoms with E-state index in [1.165, 1.54) is 6.07 Å². The zero-order valence-corrected chi connectivity index (χ0v) is 18.0. The molecule has 0 saturated carbocycles. The lowest BCUT2D eigenvalue weighted by Gasteiger charge is -2.35. The second kappa shape index (κ2) is 9.04. The van der Waals surface area contributed by atoms with E-state index in [-0.39, 0.29) is 30.2 Å². The van der Waals surface area contributed by atoms with Crippen molar-refractivity contribution < 1.29 is 18.7 Å². The molecule has 7 heteroatoms. The Balaban J connectivity index is 1.89. The Morgan fingerprint density at radius 3 is 2.70 bits per heavy atom. The molecule has 1 aromatic carbocycles. The average Bonchev–Trinajstić information content (AvgIpc) is 2.57. The van der Waals surface area contributed by atoms with Crippen LogP contribution < -0.4 is 0 Å². The number of likely N-dealkylation sites (tertiary alicyclic amines) is 1. The van der Waals surface area contributed by atoms with Crippen molar-refractivity contribution in [1.82, 2.24) is 9.80 Å². The first-order valence-electron chi connectivity index (χ1n) is 9.21. The number of halogens is 2. The van der Waals surface area contributed by atoms with E-state index in [4.69, 9.17) is 4.74 Å². The number of nitrogens with zero attached hydrogens (tertiary/aromatic N) is 2. The zero-order chi connectivity index (χ0) is 20.2.